The van der Waals surface area contributed by atoms with Gasteiger partial charge >= 0.3 is 5.97 Å². The van der Waals surface area contributed by atoms with Crippen molar-refractivity contribution >= 4 is 34.3 Å². The monoisotopic (exact) mass is 453 g/mol. The van der Waals surface area contributed by atoms with Gasteiger partial charge in [0.05, 0.1) is 36.1 Å². The van der Waals surface area contributed by atoms with Gasteiger partial charge in [-0.25, -0.2) is 9.37 Å². The molecule has 33 heavy (non-hydrogen) atoms. The van der Waals surface area contributed by atoms with Crippen LogP contribution in [0.25, 0.3) is 11.0 Å². The van der Waals surface area contributed by atoms with Crippen LogP contribution in [-0.4, -0.2) is 52.0 Å². The van der Waals surface area contributed by atoms with Gasteiger partial charge in [0.1, 0.15) is 19.1 Å². The highest BCUT2D eigenvalue weighted by atomic mass is 19.1. The van der Waals surface area contributed by atoms with Crippen molar-refractivity contribution in [2.45, 2.75) is 32.9 Å². The van der Waals surface area contributed by atoms with E-state index in [0.29, 0.717) is 36.6 Å². The summed E-state index contributed by atoms with van der Waals surface area (Å²) in [6.45, 7) is 1.69. The molecule has 1 aromatic carbocycles. The topological polar surface area (TPSA) is 98.9 Å². The number of para-hydroxylation sites is 2. The second-order valence-corrected chi connectivity index (χ2v) is 7.46. The summed E-state index contributed by atoms with van der Waals surface area (Å²) in [5, 5.41) is 3.87. The standard InChI is InChI=1S/C23H24FN5O4/c1-16(30)32-12-5-4-11-28-19-7-3-2-6-18(19)26-21(28)15-29-20-14-25-10-8-17(20)22(23(29)31)27-33-13-9-24/h2-3,6-8,10,14H,4-5,9,11-13,15H2,1H3/b27-22-. The number of carbonyl (C=O) groups is 2. The van der Waals surface area contributed by atoms with Gasteiger partial charge in [-0.1, -0.05) is 17.3 Å². The van der Waals surface area contributed by atoms with Crippen LogP contribution in [0.15, 0.2) is 47.9 Å². The van der Waals surface area contributed by atoms with Crippen molar-refractivity contribution in [1.29, 1.82) is 0 Å². The lowest BCUT2D eigenvalue weighted by Crippen LogP contribution is -2.31. The summed E-state index contributed by atoms with van der Waals surface area (Å²) in [5.74, 6) is 0.0552. The summed E-state index contributed by atoms with van der Waals surface area (Å²) in [6.07, 6.45) is 4.65. The molecule has 9 nitrogen and oxygen atoms in total. The molecule has 172 valence electrons. The molecule has 2 aromatic heterocycles. The molecule has 10 heteroatoms. The molecule has 0 radical (unpaired) electrons. The van der Waals surface area contributed by atoms with Gasteiger partial charge < -0.3 is 14.1 Å². The van der Waals surface area contributed by atoms with E-state index in [9.17, 15) is 14.0 Å². The summed E-state index contributed by atoms with van der Waals surface area (Å²) in [7, 11) is 0. The number of alkyl halides is 1. The third kappa shape index (κ3) is 4.84. The second kappa shape index (κ2) is 10.2. The summed E-state index contributed by atoms with van der Waals surface area (Å²) in [6, 6.07) is 9.45. The minimum absolute atomic E-state index is 0.116. The molecule has 0 spiro atoms. The second-order valence-electron chi connectivity index (χ2n) is 7.46. The first-order valence-corrected chi connectivity index (χ1v) is 10.7. The van der Waals surface area contributed by atoms with Gasteiger partial charge in [-0.15, -0.1) is 0 Å². The maximum absolute atomic E-state index is 13.2. The summed E-state index contributed by atoms with van der Waals surface area (Å²) in [5.41, 5.74) is 3.07. The fourth-order valence-electron chi connectivity index (χ4n) is 3.77. The first kappa shape index (κ1) is 22.4. The molecule has 0 fully saturated rings. The Morgan fingerprint density at radius 1 is 1.18 bits per heavy atom. The van der Waals surface area contributed by atoms with Gasteiger partial charge in [0.2, 0.25) is 0 Å². The predicted octanol–water partition coefficient (Wildman–Crippen LogP) is 3.01. The highest BCUT2D eigenvalue weighted by molar-refractivity contribution is 6.54. The SMILES string of the molecule is CC(=O)OCCCCn1c(CN2C(=O)/C(=N\OCCF)c3ccncc32)nc2ccccc21. The molecule has 0 saturated carbocycles. The largest absolute Gasteiger partial charge is 0.466 e. The number of pyridine rings is 1. The number of hydrogen-bond acceptors (Lipinski definition) is 7. The van der Waals surface area contributed by atoms with E-state index < -0.39 is 6.67 Å². The molecule has 1 amide bonds. The van der Waals surface area contributed by atoms with Crippen LogP contribution in [0.1, 0.15) is 31.2 Å². The molecule has 0 saturated heterocycles. The fourth-order valence-corrected chi connectivity index (χ4v) is 3.77. The maximum Gasteiger partial charge on any atom is 0.302 e. The number of nitrogens with zero attached hydrogens (tertiary/aromatic N) is 5. The van der Waals surface area contributed by atoms with E-state index in [4.69, 9.17) is 14.6 Å². The number of esters is 1. The van der Waals surface area contributed by atoms with Gasteiger partial charge in [0.15, 0.2) is 5.71 Å². The highest BCUT2D eigenvalue weighted by Crippen LogP contribution is 2.30. The fraction of sp³-hybridized carbons (Fsp3) is 0.348. The molecule has 3 aromatic rings. The van der Waals surface area contributed by atoms with E-state index >= 15 is 0 Å². The number of anilines is 1. The van der Waals surface area contributed by atoms with Crippen LogP contribution < -0.4 is 4.90 Å². The molecule has 1 aliphatic rings. The number of imidazole rings is 1. The number of aryl methyl sites for hydroxylation is 1. The normalized spacial score (nSPS) is 14.2. The number of carbonyl (C=O) groups excluding carboxylic acids is 2. The van der Waals surface area contributed by atoms with E-state index in [1.165, 1.54) is 6.92 Å². The molecule has 0 N–H and O–H groups in total. The maximum atomic E-state index is 13.2. The zero-order valence-electron chi connectivity index (χ0n) is 18.2. The molecular weight excluding hydrogens is 429 g/mol. The summed E-state index contributed by atoms with van der Waals surface area (Å²) >= 11 is 0. The van der Waals surface area contributed by atoms with Crippen molar-refractivity contribution in [3.05, 3.63) is 54.1 Å². The Bertz CT molecular complexity index is 1190. The molecule has 0 unspecified atom stereocenters. The van der Waals surface area contributed by atoms with E-state index in [0.717, 1.165) is 17.5 Å². The average molecular weight is 453 g/mol. The van der Waals surface area contributed by atoms with Crippen molar-refractivity contribution in [3.8, 4) is 0 Å². The quantitative estimate of drug-likeness (QED) is 0.266. The Morgan fingerprint density at radius 2 is 2.03 bits per heavy atom. The smallest absolute Gasteiger partial charge is 0.302 e. The molecule has 3 heterocycles. The number of aromatic nitrogens is 3. The Labute approximate surface area is 189 Å². The van der Waals surface area contributed by atoms with Crippen molar-refractivity contribution in [2.24, 2.45) is 5.16 Å². The van der Waals surface area contributed by atoms with E-state index in [1.807, 2.05) is 24.3 Å². The number of hydrogen-bond donors (Lipinski definition) is 0. The first-order valence-electron chi connectivity index (χ1n) is 10.7. The lowest BCUT2D eigenvalue weighted by molar-refractivity contribution is -0.141. The Morgan fingerprint density at radius 3 is 2.85 bits per heavy atom. The summed E-state index contributed by atoms with van der Waals surface area (Å²) < 4.78 is 19.5. The number of rotatable bonds is 10. The van der Waals surface area contributed by atoms with E-state index in [1.54, 1.807) is 23.4 Å². The Hall–Kier alpha value is -3.82. The van der Waals surface area contributed by atoms with Crippen LogP contribution in [0.4, 0.5) is 10.1 Å². The minimum Gasteiger partial charge on any atom is -0.466 e. The van der Waals surface area contributed by atoms with Gasteiger partial charge in [0.25, 0.3) is 5.91 Å². The van der Waals surface area contributed by atoms with Gasteiger partial charge in [-0.05, 0) is 31.0 Å². The van der Waals surface area contributed by atoms with Crippen molar-refractivity contribution < 1.29 is 23.6 Å². The Balaban J connectivity index is 1.60. The molecule has 4 rings (SSSR count). The van der Waals surface area contributed by atoms with Gasteiger partial charge in [-0.2, -0.15) is 0 Å². The van der Waals surface area contributed by atoms with Crippen LogP contribution in [0.3, 0.4) is 0 Å². The average Bonchev–Trinajstić information content (AvgIpc) is 3.29. The Kier molecular flexibility index (Phi) is 6.92. The first-order chi connectivity index (χ1) is 16.1. The zero-order chi connectivity index (χ0) is 23.2. The van der Waals surface area contributed by atoms with Crippen molar-refractivity contribution in [2.75, 3.05) is 24.8 Å². The molecule has 0 atom stereocenters. The van der Waals surface area contributed by atoms with Crippen LogP contribution in [0.5, 0.6) is 0 Å². The lowest BCUT2D eigenvalue weighted by atomic mass is 10.2. The van der Waals surface area contributed by atoms with Crippen LogP contribution in [-0.2, 0) is 32.3 Å². The molecule has 1 aliphatic heterocycles. The van der Waals surface area contributed by atoms with E-state index in [-0.39, 0.29) is 30.7 Å². The number of halogens is 1. The third-order valence-electron chi connectivity index (χ3n) is 5.23. The number of oxime groups is 1. The van der Waals surface area contributed by atoms with Crippen LogP contribution in [0.2, 0.25) is 0 Å². The van der Waals surface area contributed by atoms with Gasteiger partial charge in [0, 0.05) is 25.2 Å². The van der Waals surface area contributed by atoms with Crippen molar-refractivity contribution in [1.82, 2.24) is 14.5 Å². The third-order valence-corrected chi connectivity index (χ3v) is 5.23. The van der Waals surface area contributed by atoms with Crippen LogP contribution in [0, 0.1) is 0 Å². The van der Waals surface area contributed by atoms with E-state index in [2.05, 4.69) is 14.7 Å². The number of amides is 1. The van der Waals surface area contributed by atoms with Gasteiger partial charge in [-0.3, -0.25) is 19.5 Å². The molecule has 0 bridgehead atoms. The van der Waals surface area contributed by atoms with Crippen molar-refractivity contribution in [3.63, 3.8) is 0 Å². The lowest BCUT2D eigenvalue weighted by Gasteiger charge is -2.17. The number of benzene rings is 1. The summed E-state index contributed by atoms with van der Waals surface area (Å²) in [4.78, 5) is 39.5. The highest BCUT2D eigenvalue weighted by Gasteiger charge is 2.36. The molecular formula is C23H24FN5O4. The number of fused-ring (bicyclic) bond motifs is 2. The number of unbranched alkanes of at least 4 members (excludes halogenated alkanes) is 1. The van der Waals surface area contributed by atoms with Crippen LogP contribution >= 0.6 is 0 Å². The molecule has 0 aliphatic carbocycles. The minimum atomic E-state index is -0.695. The zero-order valence-corrected chi connectivity index (χ0v) is 18.2. The predicted molar refractivity (Wildman–Crippen MR) is 119 cm³/mol. The number of ether oxygens (including phenoxy) is 1.